The maximum absolute atomic E-state index is 13.0. The fraction of sp³-hybridized carbons (Fsp3) is 0.375. The van der Waals surface area contributed by atoms with Gasteiger partial charge in [-0.2, -0.15) is 0 Å². The maximum atomic E-state index is 13.0. The molecule has 1 spiro atoms. The number of thiophene rings is 1. The number of carbonyl (C=O) groups excluding carboxylic acids is 2. The van der Waals surface area contributed by atoms with Crippen LogP contribution in [0.15, 0.2) is 54.2 Å². The third-order valence-electron chi connectivity index (χ3n) is 6.34. The van der Waals surface area contributed by atoms with Gasteiger partial charge in [-0.05, 0) is 29.1 Å². The van der Waals surface area contributed by atoms with Crippen LogP contribution in [0.4, 0.5) is 0 Å². The van der Waals surface area contributed by atoms with E-state index >= 15 is 0 Å². The van der Waals surface area contributed by atoms with Crippen molar-refractivity contribution >= 4 is 23.2 Å². The lowest BCUT2D eigenvalue weighted by Crippen LogP contribution is -2.54. The predicted octanol–water partition coefficient (Wildman–Crippen LogP) is 2.80. The Kier molecular flexibility index (Phi) is 5.90. The molecule has 33 heavy (non-hydrogen) atoms. The highest BCUT2D eigenvalue weighted by molar-refractivity contribution is 7.12. The van der Waals surface area contributed by atoms with Crippen LogP contribution in [0, 0.1) is 0 Å². The Morgan fingerprint density at radius 3 is 2.88 bits per heavy atom. The van der Waals surface area contributed by atoms with E-state index in [-0.39, 0.29) is 11.8 Å². The molecular weight excluding hydrogens is 440 g/mol. The third-order valence-corrected chi connectivity index (χ3v) is 7.19. The molecule has 1 atom stereocenters. The number of piperidine rings is 1. The highest BCUT2D eigenvalue weighted by Crippen LogP contribution is 2.40. The van der Waals surface area contributed by atoms with Crippen LogP contribution in [0.5, 0.6) is 5.75 Å². The van der Waals surface area contributed by atoms with Crippen molar-refractivity contribution in [2.24, 2.45) is 0 Å². The molecule has 2 aliphatic heterocycles. The Hall–Kier alpha value is -3.17. The largest absolute Gasteiger partial charge is 0.497 e. The topological polar surface area (TPSA) is 85.7 Å². The molecule has 9 heteroatoms. The van der Waals surface area contributed by atoms with Gasteiger partial charge in [-0.25, -0.2) is 4.98 Å². The number of ether oxygens (including phenoxy) is 2. The lowest BCUT2D eigenvalue weighted by atomic mass is 9.88. The highest BCUT2D eigenvalue weighted by atomic mass is 32.1. The number of benzene rings is 1. The molecule has 1 unspecified atom stereocenters. The predicted molar refractivity (Wildman–Crippen MR) is 123 cm³/mol. The summed E-state index contributed by atoms with van der Waals surface area (Å²) in [5.41, 5.74) is 0.281. The fourth-order valence-corrected chi connectivity index (χ4v) is 5.28. The molecule has 0 saturated carbocycles. The smallest absolute Gasteiger partial charge is 0.263 e. The molecule has 1 fully saturated rings. The van der Waals surface area contributed by atoms with Gasteiger partial charge in [0.1, 0.15) is 17.2 Å². The van der Waals surface area contributed by atoms with Crippen molar-refractivity contribution in [1.29, 1.82) is 0 Å². The first-order valence-electron chi connectivity index (χ1n) is 11.0. The zero-order valence-electron chi connectivity index (χ0n) is 18.4. The minimum absolute atomic E-state index is 0.0478. The highest BCUT2D eigenvalue weighted by Gasteiger charge is 2.47. The van der Waals surface area contributed by atoms with Crippen LogP contribution in [0.2, 0.25) is 0 Å². The van der Waals surface area contributed by atoms with Gasteiger partial charge in [0, 0.05) is 44.9 Å². The minimum atomic E-state index is -0.675. The van der Waals surface area contributed by atoms with E-state index in [0.29, 0.717) is 39.0 Å². The lowest BCUT2D eigenvalue weighted by Gasteiger charge is -2.45. The summed E-state index contributed by atoms with van der Waals surface area (Å²) < 4.78 is 13.7. The van der Waals surface area contributed by atoms with Gasteiger partial charge in [-0.3, -0.25) is 9.59 Å². The van der Waals surface area contributed by atoms with Gasteiger partial charge in [0.15, 0.2) is 6.10 Å². The van der Waals surface area contributed by atoms with E-state index in [4.69, 9.17) is 9.47 Å². The summed E-state index contributed by atoms with van der Waals surface area (Å²) in [6.45, 7) is 1.92. The molecule has 8 nitrogen and oxygen atoms in total. The molecule has 5 rings (SSSR count). The summed E-state index contributed by atoms with van der Waals surface area (Å²) in [4.78, 5) is 33.0. The Bertz CT molecular complexity index is 1140. The maximum Gasteiger partial charge on any atom is 0.263 e. The number of hydrogen-bond acceptors (Lipinski definition) is 6. The average Bonchev–Trinajstić information content (AvgIpc) is 3.55. The zero-order chi connectivity index (χ0) is 22.8. The van der Waals surface area contributed by atoms with E-state index in [9.17, 15) is 9.59 Å². The van der Waals surface area contributed by atoms with Crippen LogP contribution in [-0.2, 0) is 28.2 Å². The van der Waals surface area contributed by atoms with Crippen molar-refractivity contribution in [3.63, 3.8) is 0 Å². The number of carbonyl (C=O) groups is 2. The molecule has 172 valence electrons. The summed E-state index contributed by atoms with van der Waals surface area (Å²) in [6, 6.07) is 11.4. The summed E-state index contributed by atoms with van der Waals surface area (Å²) >= 11 is 1.45. The summed E-state index contributed by atoms with van der Waals surface area (Å²) in [6.07, 6.45) is 4.21. The van der Waals surface area contributed by atoms with Crippen LogP contribution >= 0.6 is 11.3 Å². The monoisotopic (exact) mass is 466 g/mol. The molecular formula is C24H26N4O4S. The Morgan fingerprint density at radius 2 is 2.12 bits per heavy atom. The lowest BCUT2D eigenvalue weighted by molar-refractivity contribution is -0.172. The molecule has 2 aliphatic rings. The Balaban J connectivity index is 1.27. The summed E-state index contributed by atoms with van der Waals surface area (Å²) in [7, 11) is 1.62. The number of nitrogens with zero attached hydrogens (tertiary/aromatic N) is 3. The van der Waals surface area contributed by atoms with E-state index in [1.165, 1.54) is 11.3 Å². The van der Waals surface area contributed by atoms with Gasteiger partial charge in [-0.1, -0.05) is 18.2 Å². The van der Waals surface area contributed by atoms with Gasteiger partial charge in [-0.15, -0.1) is 11.3 Å². The SMILES string of the molecule is COc1cccc(CNC(=O)C2Cn3ccnc3C3(CCN(C(=O)c4cccs4)CC3)O2)c1. The first-order chi connectivity index (χ1) is 16.1. The molecule has 1 saturated heterocycles. The average molecular weight is 467 g/mol. The molecule has 2 aromatic heterocycles. The molecule has 0 radical (unpaired) electrons. The molecule has 1 aromatic carbocycles. The number of aromatic nitrogens is 2. The van der Waals surface area contributed by atoms with E-state index in [2.05, 4.69) is 10.3 Å². The van der Waals surface area contributed by atoms with Crippen molar-refractivity contribution < 1.29 is 19.1 Å². The van der Waals surface area contributed by atoms with Crippen LogP contribution in [0.3, 0.4) is 0 Å². The van der Waals surface area contributed by atoms with Crippen LogP contribution in [0.1, 0.15) is 33.9 Å². The second-order valence-corrected chi connectivity index (χ2v) is 9.29. The number of hydrogen-bond donors (Lipinski definition) is 1. The van der Waals surface area contributed by atoms with Crippen molar-refractivity contribution in [2.75, 3.05) is 20.2 Å². The van der Waals surface area contributed by atoms with Crippen molar-refractivity contribution in [3.05, 3.63) is 70.4 Å². The quantitative estimate of drug-likeness (QED) is 0.625. The second-order valence-electron chi connectivity index (χ2n) is 8.34. The number of fused-ring (bicyclic) bond motifs is 2. The fourth-order valence-electron chi connectivity index (χ4n) is 4.59. The summed E-state index contributed by atoms with van der Waals surface area (Å²) in [5, 5.41) is 4.91. The minimum Gasteiger partial charge on any atom is -0.497 e. The number of nitrogens with one attached hydrogen (secondary N) is 1. The standard InChI is InChI=1S/C24H26N4O4S/c1-31-18-5-2-4-17(14-18)15-26-21(29)19-16-28-12-9-25-23(28)24(32-19)7-10-27(11-8-24)22(30)20-6-3-13-33-20/h2-6,9,12-14,19H,7-8,10-11,15-16H2,1H3,(H,26,29). The van der Waals surface area contributed by atoms with Gasteiger partial charge in [0.05, 0.1) is 18.5 Å². The number of likely N-dealkylation sites (tertiary alicyclic amines) is 1. The Morgan fingerprint density at radius 1 is 1.27 bits per heavy atom. The van der Waals surface area contributed by atoms with Gasteiger partial charge >= 0.3 is 0 Å². The van der Waals surface area contributed by atoms with E-state index in [1.54, 1.807) is 13.3 Å². The van der Waals surface area contributed by atoms with Crippen molar-refractivity contribution in [2.45, 2.75) is 37.6 Å². The molecule has 0 aliphatic carbocycles. The number of imidazole rings is 1. The molecule has 0 bridgehead atoms. The second kappa shape index (κ2) is 8.99. The van der Waals surface area contributed by atoms with Gasteiger partial charge in [0.2, 0.25) is 0 Å². The zero-order valence-corrected chi connectivity index (χ0v) is 19.2. The van der Waals surface area contributed by atoms with Gasteiger partial charge < -0.3 is 24.3 Å². The summed E-state index contributed by atoms with van der Waals surface area (Å²) in [5.74, 6) is 1.48. The normalized spacial score (nSPS) is 19.2. The van der Waals surface area contributed by atoms with Crippen LogP contribution in [-0.4, -0.2) is 52.6 Å². The van der Waals surface area contributed by atoms with E-state index < -0.39 is 11.7 Å². The van der Waals surface area contributed by atoms with Gasteiger partial charge in [0.25, 0.3) is 11.8 Å². The van der Waals surface area contributed by atoms with E-state index in [1.807, 2.05) is 57.4 Å². The third kappa shape index (κ3) is 4.26. The number of rotatable bonds is 5. The first kappa shape index (κ1) is 21.7. The number of methoxy groups -OCH3 is 1. The number of amides is 2. The van der Waals surface area contributed by atoms with Crippen molar-refractivity contribution in [3.8, 4) is 5.75 Å². The molecule has 1 N–H and O–H groups in total. The van der Waals surface area contributed by atoms with E-state index in [0.717, 1.165) is 22.0 Å². The van der Waals surface area contributed by atoms with Crippen molar-refractivity contribution in [1.82, 2.24) is 19.8 Å². The molecule has 3 aromatic rings. The first-order valence-corrected chi connectivity index (χ1v) is 11.9. The molecule has 2 amide bonds. The van der Waals surface area contributed by atoms with Crippen LogP contribution in [0.25, 0.3) is 0 Å². The van der Waals surface area contributed by atoms with Crippen LogP contribution < -0.4 is 10.1 Å². The molecule has 4 heterocycles. The Labute approximate surface area is 196 Å².